The fourth-order valence-electron chi connectivity index (χ4n) is 5.57. The van der Waals surface area contributed by atoms with Crippen molar-refractivity contribution in [3.05, 3.63) is 66.2 Å². The number of hydrogen-bond acceptors (Lipinski definition) is 10. The summed E-state index contributed by atoms with van der Waals surface area (Å²) in [6, 6.07) is -0.922. The quantitative estimate of drug-likeness (QED) is 0.409. The summed E-state index contributed by atoms with van der Waals surface area (Å²) in [6.07, 6.45) is 8.31. The number of rotatable bonds is 4. The number of anilines is 1. The van der Waals surface area contributed by atoms with Gasteiger partial charge in [-0.05, 0) is 25.8 Å². The van der Waals surface area contributed by atoms with Gasteiger partial charge in [0.25, 0.3) is 5.91 Å². The molecule has 2 aliphatic rings. The Labute approximate surface area is 278 Å². The van der Waals surface area contributed by atoms with Crippen molar-refractivity contribution in [2.45, 2.75) is 70.9 Å². The number of ether oxygens (including phenoxy) is 2. The van der Waals surface area contributed by atoms with Gasteiger partial charge in [0.15, 0.2) is 11.6 Å². The number of allylic oxidation sites excluding steroid dienone is 2. The Morgan fingerprint density at radius 3 is 2.83 bits per heavy atom. The Balaban J connectivity index is 1.54. The van der Waals surface area contributed by atoms with Crippen LogP contribution < -0.4 is 10.6 Å². The predicted molar refractivity (Wildman–Crippen MR) is 171 cm³/mol. The summed E-state index contributed by atoms with van der Waals surface area (Å²) in [5.41, 5.74) is 1.05. The van der Waals surface area contributed by atoms with Crippen LogP contribution >= 0.6 is 0 Å². The van der Waals surface area contributed by atoms with Crippen molar-refractivity contribution in [2.24, 2.45) is 18.9 Å². The van der Waals surface area contributed by atoms with Crippen LogP contribution in [0, 0.1) is 11.8 Å². The van der Waals surface area contributed by atoms with Gasteiger partial charge in [0, 0.05) is 44.6 Å². The molecule has 1 fully saturated rings. The fourth-order valence-corrected chi connectivity index (χ4v) is 5.57. The Bertz CT molecular complexity index is 1530. The summed E-state index contributed by atoms with van der Waals surface area (Å²) in [5, 5.41) is 19.6. The number of oxazole rings is 1. The first kappa shape index (κ1) is 36.1. The molecule has 0 radical (unpaired) electrons. The number of nitrogens with zero attached hydrogens (tertiary/aromatic N) is 4. The summed E-state index contributed by atoms with van der Waals surface area (Å²) >= 11 is 0. The van der Waals surface area contributed by atoms with E-state index in [4.69, 9.17) is 13.9 Å². The Morgan fingerprint density at radius 2 is 2.08 bits per heavy atom. The number of carbonyl (C=O) groups is 4. The monoisotopic (exact) mass is 670 g/mol. The van der Waals surface area contributed by atoms with E-state index in [1.165, 1.54) is 27.9 Å². The maximum atomic E-state index is 14.8. The van der Waals surface area contributed by atoms with E-state index in [-0.39, 0.29) is 44.1 Å². The zero-order valence-electron chi connectivity index (χ0n) is 27.5. The number of esters is 1. The third-order valence-corrected chi connectivity index (χ3v) is 7.99. The van der Waals surface area contributed by atoms with Crippen molar-refractivity contribution < 1.29 is 42.6 Å². The molecule has 3 amide bonds. The highest BCUT2D eigenvalue weighted by molar-refractivity contribution is 5.95. The predicted octanol–water partition coefficient (Wildman–Crippen LogP) is 3.27. The number of aliphatic hydroxyl groups excluding tert-OH is 1. The van der Waals surface area contributed by atoms with Crippen molar-refractivity contribution in [1.82, 2.24) is 25.0 Å². The van der Waals surface area contributed by atoms with E-state index in [2.05, 4.69) is 20.7 Å². The topological polar surface area (TPSA) is 178 Å². The van der Waals surface area contributed by atoms with Gasteiger partial charge in [-0.2, -0.15) is 5.10 Å². The van der Waals surface area contributed by atoms with Crippen molar-refractivity contribution in [1.29, 1.82) is 0 Å². The number of aryl methyl sites for hydroxylation is 1. The Hall–Kier alpha value is -4.79. The summed E-state index contributed by atoms with van der Waals surface area (Å²) in [4.78, 5) is 57.5. The molecule has 0 unspecified atom stereocenters. The van der Waals surface area contributed by atoms with E-state index in [9.17, 15) is 28.7 Å². The lowest BCUT2D eigenvalue weighted by Gasteiger charge is -2.30. The molecule has 0 aliphatic carbocycles. The molecule has 3 N–H and O–H groups in total. The second-order valence-electron chi connectivity index (χ2n) is 12.2. The summed E-state index contributed by atoms with van der Waals surface area (Å²) in [7, 11) is 1.71. The molecule has 2 bridgehead atoms. The molecule has 0 spiro atoms. The fraction of sp³-hybridized carbons (Fsp3) is 0.515. The van der Waals surface area contributed by atoms with Crippen LogP contribution in [0.3, 0.4) is 0 Å². The minimum atomic E-state index is -1.50. The van der Waals surface area contributed by atoms with Gasteiger partial charge in [0.2, 0.25) is 5.91 Å². The molecule has 4 heterocycles. The van der Waals surface area contributed by atoms with E-state index >= 15 is 0 Å². The van der Waals surface area contributed by atoms with E-state index in [1.807, 2.05) is 0 Å². The molecule has 1 saturated heterocycles. The number of amides is 3. The number of halogens is 1. The van der Waals surface area contributed by atoms with Gasteiger partial charge in [0.05, 0.1) is 31.0 Å². The van der Waals surface area contributed by atoms with Crippen LogP contribution in [0.15, 0.2) is 59.0 Å². The number of aromatic nitrogens is 3. The van der Waals surface area contributed by atoms with Crippen LogP contribution in [0.1, 0.15) is 56.4 Å². The number of alkyl halides is 1. The molecule has 0 saturated carbocycles. The van der Waals surface area contributed by atoms with Crippen molar-refractivity contribution in [3.8, 4) is 0 Å². The highest BCUT2D eigenvalue weighted by Crippen LogP contribution is 2.26. The molecular formula is C33H43FN6O8. The molecule has 4 rings (SSSR count). The number of carbonyl (C=O) groups excluding carboxylic acids is 4. The van der Waals surface area contributed by atoms with Crippen molar-refractivity contribution >= 4 is 29.6 Å². The molecule has 0 aromatic carbocycles. The Morgan fingerprint density at radius 1 is 1.29 bits per heavy atom. The SMILES string of the molecule is CC1=C\[C@@H](O)C[C@@H](F)Cc2nc(co2)C(=O)N2CCC[C@@H]2C(=O)O[C@H]([C@@H](C)COC(=O)Nc2cnn(C)c2)[C@H](C)/C=C/C(=O)NC\C=C\1. The van der Waals surface area contributed by atoms with Crippen molar-refractivity contribution in [3.63, 3.8) is 0 Å². The zero-order chi connectivity index (χ0) is 34.8. The largest absolute Gasteiger partial charge is 0.460 e. The normalized spacial score (nSPS) is 27.9. The third-order valence-electron chi connectivity index (χ3n) is 7.99. The van der Waals surface area contributed by atoms with Gasteiger partial charge < -0.3 is 29.2 Å². The minimum Gasteiger partial charge on any atom is -0.460 e. The molecular weight excluding hydrogens is 627 g/mol. The molecule has 6 atom stereocenters. The number of nitrogens with one attached hydrogen (secondary N) is 2. The average Bonchev–Trinajstić information content (AvgIpc) is 3.80. The first-order valence-electron chi connectivity index (χ1n) is 15.9. The second kappa shape index (κ2) is 16.9. The van der Waals surface area contributed by atoms with Gasteiger partial charge in [-0.1, -0.05) is 43.7 Å². The van der Waals surface area contributed by atoms with E-state index in [0.717, 1.165) is 6.26 Å². The third kappa shape index (κ3) is 10.4. The van der Waals surface area contributed by atoms with E-state index in [1.54, 1.807) is 52.2 Å². The lowest BCUT2D eigenvalue weighted by molar-refractivity contribution is -0.159. The highest BCUT2D eigenvalue weighted by Gasteiger charge is 2.39. The lowest BCUT2D eigenvalue weighted by atomic mass is 9.93. The molecule has 2 aromatic heterocycles. The lowest BCUT2D eigenvalue weighted by Crippen LogP contribution is -2.44. The first-order valence-corrected chi connectivity index (χ1v) is 15.9. The van der Waals surface area contributed by atoms with Gasteiger partial charge in [-0.3, -0.25) is 19.6 Å². The first-order chi connectivity index (χ1) is 22.9. The van der Waals surface area contributed by atoms with Crippen LogP contribution in [-0.2, 0) is 32.5 Å². The van der Waals surface area contributed by atoms with Crippen LogP contribution in [0.5, 0.6) is 0 Å². The molecule has 260 valence electrons. The number of fused-ring (bicyclic) bond motifs is 3. The van der Waals surface area contributed by atoms with Gasteiger partial charge in [0.1, 0.15) is 24.6 Å². The molecule has 2 aliphatic heterocycles. The maximum Gasteiger partial charge on any atom is 0.411 e. The summed E-state index contributed by atoms with van der Waals surface area (Å²) in [6.45, 7) is 5.59. The van der Waals surface area contributed by atoms with Crippen LogP contribution in [-0.4, -0.2) is 92.8 Å². The van der Waals surface area contributed by atoms with Crippen molar-refractivity contribution in [2.75, 3.05) is 25.0 Å². The minimum absolute atomic E-state index is 0.00633. The standard InChI is InChI=1S/C33H43FN6O8/c1-20-7-5-11-35-28(42)10-9-21(2)30(22(3)18-47-33(45)37-24-16-36-39(4)17-24)48-32(44)27-8-6-12-40(27)31(43)26-19-46-29(38-26)15-23(34)14-25(41)13-20/h5,7,9-10,13,16-17,19,21-23,25,27,30,41H,6,8,11-12,14-15,18H2,1-4H3,(H,35,42)(H,37,45)/b7-5+,10-9+,20-13+/t21-,22+,23-,25-,27-,30+/m1/s1. The number of aliphatic hydroxyl groups is 1. The van der Waals surface area contributed by atoms with Crippen LogP contribution in [0.2, 0.25) is 0 Å². The van der Waals surface area contributed by atoms with Crippen LogP contribution in [0.4, 0.5) is 14.9 Å². The maximum absolute atomic E-state index is 14.8. The van der Waals surface area contributed by atoms with Crippen LogP contribution in [0.25, 0.3) is 0 Å². The zero-order valence-corrected chi connectivity index (χ0v) is 27.5. The smallest absolute Gasteiger partial charge is 0.411 e. The molecule has 48 heavy (non-hydrogen) atoms. The summed E-state index contributed by atoms with van der Waals surface area (Å²) < 4.78 is 33.1. The number of hydrogen-bond donors (Lipinski definition) is 3. The van der Waals surface area contributed by atoms with Gasteiger partial charge in [-0.15, -0.1) is 0 Å². The van der Waals surface area contributed by atoms with E-state index in [0.29, 0.717) is 24.1 Å². The Kier molecular flexibility index (Phi) is 12.7. The molecule has 14 nitrogen and oxygen atoms in total. The number of cyclic esters (lactones) is 1. The van der Waals surface area contributed by atoms with Gasteiger partial charge in [-0.25, -0.2) is 19.0 Å². The summed E-state index contributed by atoms with van der Waals surface area (Å²) in [5.74, 6) is -2.63. The second-order valence-corrected chi connectivity index (χ2v) is 12.2. The average molecular weight is 671 g/mol. The highest BCUT2D eigenvalue weighted by atomic mass is 19.1. The molecule has 2 aromatic rings. The van der Waals surface area contributed by atoms with Gasteiger partial charge >= 0.3 is 12.1 Å². The molecule has 15 heteroatoms. The van der Waals surface area contributed by atoms with E-state index < -0.39 is 60.1 Å².